The van der Waals surface area contributed by atoms with Gasteiger partial charge >= 0.3 is 0 Å². The minimum Gasteiger partial charge on any atom is -0.495 e. The summed E-state index contributed by atoms with van der Waals surface area (Å²) < 4.78 is 38.6. The molecule has 0 aliphatic rings. The number of carbonyl (C=O) groups is 1. The Bertz CT molecular complexity index is 1170. The van der Waals surface area contributed by atoms with Crippen LogP contribution in [0.5, 0.6) is 11.5 Å². The summed E-state index contributed by atoms with van der Waals surface area (Å²) in [6.07, 6.45) is 0. The van der Waals surface area contributed by atoms with Crippen LogP contribution in [-0.4, -0.2) is 28.0 Å². The summed E-state index contributed by atoms with van der Waals surface area (Å²) in [4.78, 5) is 12.3. The lowest BCUT2D eigenvalue weighted by Gasteiger charge is -2.12. The van der Waals surface area contributed by atoms with Crippen LogP contribution in [0.1, 0.15) is 11.1 Å². The monoisotopic (exact) mass is 440 g/mol. The molecule has 0 aliphatic carbocycles. The largest absolute Gasteiger partial charge is 0.495 e. The number of rotatable bonds is 8. The first-order valence-corrected chi connectivity index (χ1v) is 11.0. The molecule has 3 aromatic rings. The normalized spacial score (nSPS) is 10.9. The van der Waals surface area contributed by atoms with E-state index in [0.717, 1.165) is 11.1 Å². The van der Waals surface area contributed by atoms with Gasteiger partial charge in [-0.1, -0.05) is 24.3 Å². The van der Waals surface area contributed by atoms with Crippen molar-refractivity contribution in [1.82, 2.24) is 0 Å². The first-order valence-electron chi connectivity index (χ1n) is 9.54. The van der Waals surface area contributed by atoms with Crippen LogP contribution in [0.4, 0.5) is 11.4 Å². The molecule has 0 radical (unpaired) electrons. The Morgan fingerprint density at radius 3 is 2.35 bits per heavy atom. The van der Waals surface area contributed by atoms with Crippen LogP contribution in [0.25, 0.3) is 0 Å². The zero-order chi connectivity index (χ0) is 22.4. The van der Waals surface area contributed by atoms with Gasteiger partial charge in [0.1, 0.15) is 11.5 Å². The molecule has 3 aromatic carbocycles. The summed E-state index contributed by atoms with van der Waals surface area (Å²) in [6, 6.07) is 18.4. The van der Waals surface area contributed by atoms with Gasteiger partial charge in [0.05, 0.1) is 17.7 Å². The number of amides is 1. The number of methoxy groups -OCH3 is 1. The lowest BCUT2D eigenvalue weighted by molar-refractivity contribution is -0.118. The predicted molar refractivity (Wildman–Crippen MR) is 120 cm³/mol. The van der Waals surface area contributed by atoms with Crippen molar-refractivity contribution in [1.29, 1.82) is 0 Å². The summed E-state index contributed by atoms with van der Waals surface area (Å²) in [5.41, 5.74) is 2.78. The zero-order valence-corrected chi connectivity index (χ0v) is 18.3. The molecule has 0 fully saturated rings. The number of nitrogens with one attached hydrogen (secondary N) is 2. The average Bonchev–Trinajstić information content (AvgIpc) is 2.75. The highest BCUT2D eigenvalue weighted by Crippen LogP contribution is 2.26. The second-order valence-corrected chi connectivity index (χ2v) is 8.62. The van der Waals surface area contributed by atoms with Crippen molar-refractivity contribution >= 4 is 27.3 Å². The first-order chi connectivity index (χ1) is 14.8. The summed E-state index contributed by atoms with van der Waals surface area (Å²) in [6.45, 7) is 3.70. The molecule has 7 nitrogen and oxygen atoms in total. The van der Waals surface area contributed by atoms with Gasteiger partial charge in [0.25, 0.3) is 15.9 Å². The number of anilines is 2. The Morgan fingerprint density at radius 1 is 0.935 bits per heavy atom. The molecule has 0 aromatic heterocycles. The highest BCUT2D eigenvalue weighted by molar-refractivity contribution is 7.92. The third-order valence-electron chi connectivity index (χ3n) is 4.50. The highest BCUT2D eigenvalue weighted by Gasteiger charge is 2.16. The van der Waals surface area contributed by atoms with Gasteiger partial charge < -0.3 is 14.8 Å². The van der Waals surface area contributed by atoms with Crippen molar-refractivity contribution in [3.05, 3.63) is 77.9 Å². The van der Waals surface area contributed by atoms with Crippen molar-refractivity contribution in [2.45, 2.75) is 18.7 Å². The van der Waals surface area contributed by atoms with Crippen LogP contribution < -0.4 is 19.5 Å². The maximum Gasteiger partial charge on any atom is 0.262 e. The van der Waals surface area contributed by atoms with Crippen LogP contribution in [0.15, 0.2) is 71.6 Å². The molecule has 0 aliphatic heterocycles. The number of aryl methyl sites for hydroxylation is 2. The molecule has 162 valence electrons. The highest BCUT2D eigenvalue weighted by atomic mass is 32.2. The van der Waals surface area contributed by atoms with E-state index in [2.05, 4.69) is 10.0 Å². The molecule has 2 N–H and O–H groups in total. The van der Waals surface area contributed by atoms with Gasteiger partial charge in [-0.2, -0.15) is 0 Å². The molecule has 0 unspecified atom stereocenters. The molecule has 0 saturated carbocycles. The molecule has 8 heteroatoms. The number of benzene rings is 3. The smallest absolute Gasteiger partial charge is 0.262 e. The Labute approximate surface area is 182 Å². The van der Waals surface area contributed by atoms with Crippen molar-refractivity contribution in [3.63, 3.8) is 0 Å². The van der Waals surface area contributed by atoms with Crippen molar-refractivity contribution in [2.75, 3.05) is 23.8 Å². The molecular weight excluding hydrogens is 416 g/mol. The summed E-state index contributed by atoms with van der Waals surface area (Å²) in [7, 11) is -2.35. The third kappa shape index (κ3) is 5.76. The topological polar surface area (TPSA) is 93.7 Å². The van der Waals surface area contributed by atoms with Crippen molar-refractivity contribution in [2.24, 2.45) is 0 Å². The molecule has 0 heterocycles. The first kappa shape index (κ1) is 22.2. The molecule has 3 rings (SSSR count). The van der Waals surface area contributed by atoms with E-state index in [1.165, 1.54) is 31.4 Å². The SMILES string of the molecule is COc1ccccc1NS(=O)(=O)c1ccc(NC(=O)COc2cc(C)ccc2C)cc1. The lowest BCUT2D eigenvalue weighted by Crippen LogP contribution is -2.20. The summed E-state index contributed by atoms with van der Waals surface area (Å²) >= 11 is 0. The van der Waals surface area contributed by atoms with Gasteiger partial charge in [0.15, 0.2) is 6.61 Å². The maximum atomic E-state index is 12.6. The zero-order valence-electron chi connectivity index (χ0n) is 17.5. The van der Waals surface area contributed by atoms with Gasteiger partial charge in [-0.05, 0) is 67.4 Å². The van der Waals surface area contributed by atoms with Crippen LogP contribution in [0, 0.1) is 13.8 Å². The van der Waals surface area contributed by atoms with Crippen LogP contribution in [0.2, 0.25) is 0 Å². The fraction of sp³-hybridized carbons (Fsp3) is 0.174. The van der Waals surface area contributed by atoms with Gasteiger partial charge in [0, 0.05) is 5.69 Å². The Hall–Kier alpha value is -3.52. The summed E-state index contributed by atoms with van der Waals surface area (Å²) in [5.74, 6) is 0.724. The second kappa shape index (κ2) is 9.53. The van der Waals surface area contributed by atoms with Crippen LogP contribution >= 0.6 is 0 Å². The van der Waals surface area contributed by atoms with E-state index in [4.69, 9.17) is 9.47 Å². The standard InChI is InChI=1S/C23H24N2O5S/c1-16-8-9-17(2)22(14-16)30-15-23(26)24-18-10-12-19(13-11-18)31(27,28)25-20-6-4-5-7-21(20)29-3/h4-14,25H,15H2,1-3H3,(H,24,26). The Morgan fingerprint density at radius 2 is 1.65 bits per heavy atom. The molecule has 0 bridgehead atoms. The minimum atomic E-state index is -3.81. The van der Waals surface area contributed by atoms with Gasteiger partial charge in [-0.15, -0.1) is 0 Å². The molecule has 0 saturated heterocycles. The van der Waals surface area contributed by atoms with Crippen molar-refractivity contribution < 1.29 is 22.7 Å². The molecule has 1 amide bonds. The minimum absolute atomic E-state index is 0.0584. The van der Waals surface area contributed by atoms with E-state index in [9.17, 15) is 13.2 Å². The number of ether oxygens (including phenoxy) is 2. The van der Waals surface area contributed by atoms with Gasteiger partial charge in [-0.3, -0.25) is 9.52 Å². The Balaban J connectivity index is 1.62. The molecule has 0 atom stereocenters. The number of sulfonamides is 1. The molecule has 0 spiro atoms. The van der Waals surface area contributed by atoms with E-state index in [1.807, 2.05) is 32.0 Å². The number of hydrogen-bond acceptors (Lipinski definition) is 5. The van der Waals surface area contributed by atoms with E-state index < -0.39 is 10.0 Å². The van der Waals surface area contributed by atoms with E-state index in [0.29, 0.717) is 22.9 Å². The third-order valence-corrected chi connectivity index (χ3v) is 5.88. The average molecular weight is 441 g/mol. The van der Waals surface area contributed by atoms with Crippen molar-refractivity contribution in [3.8, 4) is 11.5 Å². The van der Waals surface area contributed by atoms with Crippen LogP contribution in [0.3, 0.4) is 0 Å². The summed E-state index contributed by atoms with van der Waals surface area (Å²) in [5, 5.41) is 2.69. The molecule has 31 heavy (non-hydrogen) atoms. The quantitative estimate of drug-likeness (QED) is 0.549. The Kier molecular flexibility index (Phi) is 6.81. The van der Waals surface area contributed by atoms with E-state index in [1.54, 1.807) is 24.3 Å². The number of para-hydroxylation sites is 2. The predicted octanol–water partition coefficient (Wildman–Crippen LogP) is 4.13. The lowest BCUT2D eigenvalue weighted by atomic mass is 10.1. The van der Waals surface area contributed by atoms with E-state index in [-0.39, 0.29) is 17.4 Å². The fourth-order valence-electron chi connectivity index (χ4n) is 2.85. The molecular formula is C23H24N2O5S. The van der Waals surface area contributed by atoms with Gasteiger partial charge in [0.2, 0.25) is 0 Å². The van der Waals surface area contributed by atoms with E-state index >= 15 is 0 Å². The maximum absolute atomic E-state index is 12.6. The van der Waals surface area contributed by atoms with Crippen LogP contribution in [-0.2, 0) is 14.8 Å². The van der Waals surface area contributed by atoms with Gasteiger partial charge in [-0.25, -0.2) is 8.42 Å². The number of hydrogen-bond donors (Lipinski definition) is 2. The second-order valence-electron chi connectivity index (χ2n) is 6.94. The number of carbonyl (C=O) groups excluding carboxylic acids is 1. The fourth-order valence-corrected chi connectivity index (χ4v) is 3.92.